The molecule has 1 aromatic rings. The van der Waals surface area contributed by atoms with Crippen LogP contribution in [0, 0.1) is 0 Å². The van der Waals surface area contributed by atoms with Gasteiger partial charge in [0, 0.05) is 18.2 Å². The number of aliphatic carboxylic acids is 1. The lowest BCUT2D eigenvalue weighted by atomic mass is 10.3. The van der Waals surface area contributed by atoms with Gasteiger partial charge in [-0.3, -0.25) is 4.79 Å². The van der Waals surface area contributed by atoms with Crippen LogP contribution in [-0.4, -0.2) is 33.7 Å². The van der Waals surface area contributed by atoms with Crippen molar-refractivity contribution in [3.63, 3.8) is 0 Å². The molecule has 0 unspecified atom stereocenters. The predicted octanol–water partition coefficient (Wildman–Crippen LogP) is 0.173. The van der Waals surface area contributed by atoms with Crippen LogP contribution < -0.4 is 5.73 Å². The molecule has 1 fully saturated rings. The fraction of sp³-hybridized carbons (Fsp3) is 0.333. The minimum Gasteiger partial charge on any atom is -0.478 e. The highest BCUT2D eigenvalue weighted by Crippen LogP contribution is 2.40. The van der Waals surface area contributed by atoms with Gasteiger partial charge in [-0.15, -0.1) is 11.3 Å². The Hall–Kier alpha value is -1.96. The van der Waals surface area contributed by atoms with Crippen LogP contribution >= 0.6 is 11.3 Å². The SMILES string of the molecule is Nc1nc(C([C]=O)=NOC2(C(=O)O)CC2)cs1. The summed E-state index contributed by atoms with van der Waals surface area (Å²) in [4.78, 5) is 30.2. The first-order chi connectivity index (χ1) is 8.07. The summed E-state index contributed by atoms with van der Waals surface area (Å²) in [6.07, 6.45) is 2.29. The molecule has 0 atom stereocenters. The summed E-state index contributed by atoms with van der Waals surface area (Å²) in [7, 11) is 0. The molecule has 0 aromatic carbocycles. The van der Waals surface area contributed by atoms with Crippen molar-refractivity contribution in [3.8, 4) is 0 Å². The Morgan fingerprint density at radius 2 is 2.41 bits per heavy atom. The molecule has 17 heavy (non-hydrogen) atoms. The summed E-state index contributed by atoms with van der Waals surface area (Å²) in [5.74, 6) is -1.09. The summed E-state index contributed by atoms with van der Waals surface area (Å²) in [6, 6.07) is 0. The van der Waals surface area contributed by atoms with E-state index in [0.717, 1.165) is 11.3 Å². The molecule has 0 amide bonds. The number of carboxylic acids is 1. The van der Waals surface area contributed by atoms with Crippen molar-refractivity contribution in [1.29, 1.82) is 0 Å². The lowest BCUT2D eigenvalue weighted by Crippen LogP contribution is -2.24. The van der Waals surface area contributed by atoms with E-state index in [4.69, 9.17) is 15.7 Å². The maximum Gasteiger partial charge on any atom is 0.350 e. The van der Waals surface area contributed by atoms with Crippen LogP contribution in [0.2, 0.25) is 0 Å². The molecule has 1 aliphatic carbocycles. The maximum atomic E-state index is 10.8. The molecular formula is C9H8N3O4S. The molecule has 89 valence electrons. The zero-order valence-corrected chi connectivity index (χ0v) is 9.36. The number of rotatable bonds is 5. The molecular weight excluding hydrogens is 246 g/mol. The summed E-state index contributed by atoms with van der Waals surface area (Å²) in [5.41, 5.74) is 4.15. The lowest BCUT2D eigenvalue weighted by molar-refractivity contribution is -0.153. The number of thiazole rings is 1. The Kier molecular flexibility index (Phi) is 2.80. The molecule has 8 heteroatoms. The normalized spacial score (nSPS) is 17.5. The van der Waals surface area contributed by atoms with E-state index in [0.29, 0.717) is 12.8 Å². The number of carbonyl (C=O) groups is 1. The zero-order chi connectivity index (χ0) is 12.5. The quantitative estimate of drug-likeness (QED) is 0.571. The summed E-state index contributed by atoms with van der Waals surface area (Å²) in [6.45, 7) is 0. The van der Waals surface area contributed by atoms with Gasteiger partial charge in [0.2, 0.25) is 5.60 Å². The second-order valence-corrected chi connectivity index (χ2v) is 4.39. The van der Waals surface area contributed by atoms with Gasteiger partial charge in [0.15, 0.2) is 10.8 Å². The van der Waals surface area contributed by atoms with Crippen molar-refractivity contribution in [2.75, 3.05) is 5.73 Å². The first-order valence-electron chi connectivity index (χ1n) is 4.66. The summed E-state index contributed by atoms with van der Waals surface area (Å²) < 4.78 is 0. The molecule has 7 nitrogen and oxygen atoms in total. The van der Waals surface area contributed by atoms with Crippen molar-refractivity contribution in [2.24, 2.45) is 5.16 Å². The fourth-order valence-corrected chi connectivity index (χ4v) is 1.65. The number of nitrogen functional groups attached to an aromatic ring is 1. The number of hydrogen-bond donors (Lipinski definition) is 2. The van der Waals surface area contributed by atoms with Gasteiger partial charge in [0.25, 0.3) is 6.29 Å². The van der Waals surface area contributed by atoms with Crippen LogP contribution in [0.4, 0.5) is 5.13 Å². The molecule has 0 saturated heterocycles. The van der Waals surface area contributed by atoms with Gasteiger partial charge in [0.1, 0.15) is 5.69 Å². The molecule has 1 heterocycles. The van der Waals surface area contributed by atoms with Crippen molar-refractivity contribution in [1.82, 2.24) is 4.98 Å². The van der Waals surface area contributed by atoms with E-state index >= 15 is 0 Å². The fourth-order valence-electron chi connectivity index (χ4n) is 1.10. The standard InChI is InChI=1S/C9H8N3O4S/c10-8-11-6(4-17-8)5(3-13)12-16-9(1-2-9)7(14)15/h4H,1-2H2,(H2,10,11)(H,14,15). The van der Waals surface area contributed by atoms with Crippen LogP contribution in [0.1, 0.15) is 18.5 Å². The predicted molar refractivity (Wildman–Crippen MR) is 59.4 cm³/mol. The molecule has 0 spiro atoms. The smallest absolute Gasteiger partial charge is 0.350 e. The van der Waals surface area contributed by atoms with Crippen molar-refractivity contribution in [2.45, 2.75) is 18.4 Å². The highest BCUT2D eigenvalue weighted by molar-refractivity contribution is 7.13. The molecule has 1 aliphatic rings. The largest absolute Gasteiger partial charge is 0.478 e. The second kappa shape index (κ2) is 4.13. The Bertz CT molecular complexity index is 492. The van der Waals surface area contributed by atoms with Crippen LogP contribution in [0.25, 0.3) is 0 Å². The summed E-state index contributed by atoms with van der Waals surface area (Å²) >= 11 is 1.14. The molecule has 1 aromatic heterocycles. The van der Waals surface area contributed by atoms with E-state index < -0.39 is 11.6 Å². The van der Waals surface area contributed by atoms with Gasteiger partial charge < -0.3 is 15.7 Å². The van der Waals surface area contributed by atoms with Crippen molar-refractivity contribution < 1.29 is 19.5 Å². The van der Waals surface area contributed by atoms with E-state index in [-0.39, 0.29) is 16.5 Å². The highest BCUT2D eigenvalue weighted by Gasteiger charge is 2.54. The minimum atomic E-state index is -1.29. The Morgan fingerprint density at radius 3 is 2.82 bits per heavy atom. The topological polar surface area (TPSA) is 115 Å². The Balaban J connectivity index is 2.14. The van der Waals surface area contributed by atoms with E-state index in [1.165, 1.54) is 5.38 Å². The minimum absolute atomic E-state index is 0.189. The van der Waals surface area contributed by atoms with Crippen LogP contribution in [0.3, 0.4) is 0 Å². The lowest BCUT2D eigenvalue weighted by Gasteiger charge is -2.06. The van der Waals surface area contributed by atoms with Gasteiger partial charge in [-0.1, -0.05) is 5.16 Å². The molecule has 1 saturated carbocycles. The number of anilines is 1. The monoisotopic (exact) mass is 254 g/mol. The highest BCUT2D eigenvalue weighted by atomic mass is 32.1. The van der Waals surface area contributed by atoms with E-state index in [1.807, 2.05) is 0 Å². The molecule has 0 aliphatic heterocycles. The van der Waals surface area contributed by atoms with Crippen LogP contribution in [0.5, 0.6) is 0 Å². The maximum absolute atomic E-state index is 10.8. The number of nitrogens with zero attached hydrogens (tertiary/aromatic N) is 2. The van der Waals surface area contributed by atoms with Crippen molar-refractivity contribution in [3.05, 3.63) is 11.1 Å². The average Bonchev–Trinajstić information content (AvgIpc) is 2.97. The number of carbonyl (C=O) groups excluding carboxylic acids is 1. The van der Waals surface area contributed by atoms with Gasteiger partial charge in [-0.25, -0.2) is 9.78 Å². The van der Waals surface area contributed by atoms with Crippen molar-refractivity contribution >= 4 is 34.4 Å². The third kappa shape index (κ3) is 2.26. The van der Waals surface area contributed by atoms with E-state index in [1.54, 1.807) is 6.29 Å². The number of aromatic nitrogens is 1. The molecule has 0 bridgehead atoms. The number of nitrogens with two attached hydrogens (primary N) is 1. The van der Waals surface area contributed by atoms with Crippen LogP contribution in [0.15, 0.2) is 10.5 Å². The zero-order valence-electron chi connectivity index (χ0n) is 8.54. The van der Waals surface area contributed by atoms with E-state index in [2.05, 4.69) is 10.1 Å². The molecule has 1 radical (unpaired) electrons. The average molecular weight is 254 g/mol. The van der Waals surface area contributed by atoms with Gasteiger partial charge in [-0.05, 0) is 0 Å². The van der Waals surface area contributed by atoms with Crippen LogP contribution in [-0.2, 0) is 14.4 Å². The Morgan fingerprint density at radius 1 is 1.71 bits per heavy atom. The number of hydrogen-bond acceptors (Lipinski definition) is 7. The third-order valence-corrected chi connectivity index (χ3v) is 2.94. The Labute approximate surface area is 99.9 Å². The first kappa shape index (κ1) is 11.5. The number of oxime groups is 1. The second-order valence-electron chi connectivity index (χ2n) is 3.50. The first-order valence-corrected chi connectivity index (χ1v) is 5.54. The summed E-state index contributed by atoms with van der Waals surface area (Å²) in [5, 5.41) is 14.1. The van der Waals surface area contributed by atoms with E-state index in [9.17, 15) is 9.59 Å². The van der Waals surface area contributed by atoms with Gasteiger partial charge in [-0.2, -0.15) is 0 Å². The molecule has 3 N–H and O–H groups in total. The third-order valence-electron chi connectivity index (χ3n) is 2.27. The number of carboxylic acid groups (broad SMARTS) is 1. The van der Waals surface area contributed by atoms with Gasteiger partial charge >= 0.3 is 5.97 Å². The van der Waals surface area contributed by atoms with Gasteiger partial charge in [0.05, 0.1) is 0 Å². The molecule has 2 rings (SSSR count).